The molecule has 0 amide bonds. The zero-order valence-electron chi connectivity index (χ0n) is 8.18. The molecule has 0 saturated carbocycles. The molecule has 0 spiro atoms. The summed E-state index contributed by atoms with van der Waals surface area (Å²) in [4.78, 5) is 18.5. The average molecular weight is 196 g/mol. The van der Waals surface area contributed by atoms with Crippen molar-refractivity contribution >= 4 is 35.7 Å². The minimum atomic E-state index is -0.851. The minimum Gasteiger partial charge on any atom is -0.294 e. The molecule has 1 aromatic carbocycles. The standard InChI is InChI=1S/C10H7NO3.Li/c12-10(14-13)9-6-5-7-3-1-2-4-8(7)11-9;/h1-6,13H;. The van der Waals surface area contributed by atoms with E-state index in [9.17, 15) is 4.79 Å². The van der Waals surface area contributed by atoms with Gasteiger partial charge in [0.1, 0.15) is 0 Å². The van der Waals surface area contributed by atoms with Gasteiger partial charge >= 0.3 is 5.97 Å². The predicted octanol–water partition coefficient (Wildman–Crippen LogP) is 1.48. The van der Waals surface area contributed by atoms with E-state index in [1.807, 2.05) is 18.2 Å². The molecule has 0 aliphatic rings. The summed E-state index contributed by atoms with van der Waals surface area (Å²) >= 11 is 0. The smallest absolute Gasteiger partial charge is 0.294 e. The Morgan fingerprint density at radius 1 is 1.20 bits per heavy atom. The van der Waals surface area contributed by atoms with E-state index in [1.165, 1.54) is 6.07 Å². The Balaban J connectivity index is 0.00000112. The molecule has 15 heavy (non-hydrogen) atoms. The first-order valence-corrected chi connectivity index (χ1v) is 4.03. The number of fused-ring (bicyclic) bond motifs is 1. The third-order valence-electron chi connectivity index (χ3n) is 1.89. The third kappa shape index (κ3) is 2.36. The molecule has 0 aliphatic heterocycles. The Morgan fingerprint density at radius 3 is 2.67 bits per heavy atom. The van der Waals surface area contributed by atoms with E-state index in [1.54, 1.807) is 12.1 Å². The van der Waals surface area contributed by atoms with E-state index in [4.69, 9.17) is 5.26 Å². The molecule has 71 valence electrons. The van der Waals surface area contributed by atoms with Crippen LogP contribution in [-0.4, -0.2) is 35.1 Å². The molecule has 1 heterocycles. The maximum Gasteiger partial charge on any atom is 0.390 e. The van der Waals surface area contributed by atoms with Crippen LogP contribution in [-0.2, 0) is 4.89 Å². The van der Waals surface area contributed by atoms with E-state index in [0.717, 1.165) is 5.39 Å². The Bertz CT molecular complexity index is 487. The number of hydrogen-bond donors (Lipinski definition) is 1. The molecular formula is C10H7LiNO3. The maximum absolute atomic E-state index is 10.9. The molecule has 2 aromatic rings. The molecule has 0 atom stereocenters. The normalized spacial score (nSPS) is 9.40. The number of hydrogen-bond acceptors (Lipinski definition) is 4. The maximum atomic E-state index is 10.9. The van der Waals surface area contributed by atoms with Gasteiger partial charge in [0, 0.05) is 24.2 Å². The molecule has 0 unspecified atom stereocenters. The van der Waals surface area contributed by atoms with Crippen LogP contribution in [0.3, 0.4) is 0 Å². The van der Waals surface area contributed by atoms with Crippen LogP contribution in [0.15, 0.2) is 36.4 Å². The minimum absolute atomic E-state index is 0. The molecule has 0 aliphatic carbocycles. The molecule has 0 bridgehead atoms. The largest absolute Gasteiger partial charge is 0.390 e. The van der Waals surface area contributed by atoms with Crippen molar-refractivity contribution in [2.24, 2.45) is 0 Å². The Labute approximate surface area is 98.0 Å². The van der Waals surface area contributed by atoms with Crippen LogP contribution >= 0.6 is 0 Å². The van der Waals surface area contributed by atoms with Crippen LogP contribution in [0.2, 0.25) is 0 Å². The van der Waals surface area contributed by atoms with Crippen molar-refractivity contribution in [2.75, 3.05) is 0 Å². The molecule has 1 radical (unpaired) electrons. The van der Waals surface area contributed by atoms with Gasteiger partial charge in [-0.2, -0.15) is 5.26 Å². The number of aromatic nitrogens is 1. The van der Waals surface area contributed by atoms with Crippen LogP contribution in [0.1, 0.15) is 10.5 Å². The number of carbonyl (C=O) groups excluding carboxylic acids is 1. The first kappa shape index (κ1) is 11.7. The summed E-state index contributed by atoms with van der Waals surface area (Å²) in [6, 6.07) is 10.6. The fourth-order valence-electron chi connectivity index (χ4n) is 1.23. The number of pyridine rings is 1. The topological polar surface area (TPSA) is 59.4 Å². The summed E-state index contributed by atoms with van der Waals surface area (Å²) in [5.74, 6) is -0.851. The Kier molecular flexibility index (Phi) is 3.86. The van der Waals surface area contributed by atoms with Gasteiger partial charge in [-0.15, -0.1) is 0 Å². The Morgan fingerprint density at radius 2 is 1.93 bits per heavy atom. The molecule has 0 fully saturated rings. The van der Waals surface area contributed by atoms with Crippen LogP contribution in [0.5, 0.6) is 0 Å². The van der Waals surface area contributed by atoms with Crippen LogP contribution < -0.4 is 0 Å². The summed E-state index contributed by atoms with van der Waals surface area (Å²) in [6.45, 7) is 0. The zero-order valence-corrected chi connectivity index (χ0v) is 8.18. The van der Waals surface area contributed by atoms with E-state index in [0.29, 0.717) is 5.52 Å². The molecule has 0 saturated heterocycles. The van der Waals surface area contributed by atoms with Crippen molar-refractivity contribution in [3.63, 3.8) is 0 Å². The molecule has 1 aromatic heterocycles. The van der Waals surface area contributed by atoms with E-state index < -0.39 is 5.97 Å². The average Bonchev–Trinajstić information content (AvgIpc) is 2.27. The van der Waals surface area contributed by atoms with Gasteiger partial charge in [0.2, 0.25) is 0 Å². The second-order valence-corrected chi connectivity index (χ2v) is 2.77. The first-order valence-electron chi connectivity index (χ1n) is 4.03. The number of benzene rings is 1. The van der Waals surface area contributed by atoms with Crippen LogP contribution in [0.4, 0.5) is 0 Å². The summed E-state index contributed by atoms with van der Waals surface area (Å²) in [6.07, 6.45) is 0. The molecular weight excluding hydrogens is 189 g/mol. The van der Waals surface area contributed by atoms with E-state index in [2.05, 4.69) is 9.87 Å². The second-order valence-electron chi connectivity index (χ2n) is 2.77. The number of rotatable bonds is 1. The van der Waals surface area contributed by atoms with Crippen molar-refractivity contribution in [1.82, 2.24) is 4.98 Å². The van der Waals surface area contributed by atoms with Gasteiger partial charge in [0.25, 0.3) is 0 Å². The van der Waals surface area contributed by atoms with Gasteiger partial charge in [0.05, 0.1) is 5.52 Å². The second kappa shape index (κ2) is 4.94. The molecule has 1 N–H and O–H groups in total. The molecule has 5 heteroatoms. The summed E-state index contributed by atoms with van der Waals surface area (Å²) in [5.41, 5.74) is 0.779. The number of nitrogens with zero attached hydrogens (tertiary/aromatic N) is 1. The van der Waals surface area contributed by atoms with Gasteiger partial charge < -0.3 is 0 Å². The SMILES string of the molecule is O=C(OO)c1ccc2ccccc2n1.[Li]. The fourth-order valence-corrected chi connectivity index (χ4v) is 1.23. The van der Waals surface area contributed by atoms with Crippen molar-refractivity contribution in [1.29, 1.82) is 0 Å². The van der Waals surface area contributed by atoms with Crippen molar-refractivity contribution in [3.05, 3.63) is 42.1 Å². The fraction of sp³-hybridized carbons (Fsp3) is 0. The summed E-state index contributed by atoms with van der Waals surface area (Å²) < 4.78 is 0. The zero-order chi connectivity index (χ0) is 9.97. The van der Waals surface area contributed by atoms with Gasteiger partial charge in [-0.05, 0) is 12.1 Å². The molecule has 4 nitrogen and oxygen atoms in total. The third-order valence-corrected chi connectivity index (χ3v) is 1.89. The van der Waals surface area contributed by atoms with Gasteiger partial charge in [-0.1, -0.05) is 24.3 Å². The predicted molar refractivity (Wildman–Crippen MR) is 55.5 cm³/mol. The van der Waals surface area contributed by atoms with Crippen LogP contribution in [0, 0.1) is 0 Å². The van der Waals surface area contributed by atoms with Crippen molar-refractivity contribution in [2.45, 2.75) is 0 Å². The summed E-state index contributed by atoms with van der Waals surface area (Å²) in [5, 5.41) is 9.10. The van der Waals surface area contributed by atoms with Crippen molar-refractivity contribution < 1.29 is 14.9 Å². The number of carbonyl (C=O) groups is 1. The van der Waals surface area contributed by atoms with E-state index in [-0.39, 0.29) is 24.6 Å². The van der Waals surface area contributed by atoms with Gasteiger partial charge in [-0.25, -0.2) is 9.78 Å². The summed E-state index contributed by atoms with van der Waals surface area (Å²) in [7, 11) is 0. The van der Waals surface area contributed by atoms with Crippen LogP contribution in [0.25, 0.3) is 10.9 Å². The van der Waals surface area contributed by atoms with Crippen molar-refractivity contribution in [3.8, 4) is 0 Å². The van der Waals surface area contributed by atoms with E-state index >= 15 is 0 Å². The Hall–Kier alpha value is -1.34. The number of para-hydroxylation sites is 1. The van der Waals surface area contributed by atoms with Gasteiger partial charge in [0.15, 0.2) is 5.69 Å². The quantitative estimate of drug-likeness (QED) is 0.426. The monoisotopic (exact) mass is 196 g/mol. The molecule has 2 rings (SSSR count). The van der Waals surface area contributed by atoms with Gasteiger partial charge in [-0.3, -0.25) is 4.89 Å². The first-order chi connectivity index (χ1) is 6.81.